The summed E-state index contributed by atoms with van der Waals surface area (Å²) in [5.41, 5.74) is 0. The maximum Gasteiger partial charge on any atom is 1.00 e. The van der Waals surface area contributed by atoms with Crippen molar-refractivity contribution in [1.82, 2.24) is 0 Å². The van der Waals surface area contributed by atoms with E-state index in [1.807, 2.05) is 0 Å². The number of carbonyl (C=O) groups is 1. The second-order valence-corrected chi connectivity index (χ2v) is 5.58. The first kappa shape index (κ1) is 28.3. The third-order valence-corrected chi connectivity index (χ3v) is 3.54. The Morgan fingerprint density at radius 3 is 1.92 bits per heavy atom. The average molecular weight is 382 g/mol. The van der Waals surface area contributed by atoms with Gasteiger partial charge in [0, 0.05) is 13.2 Å². The molecule has 3 aliphatic heterocycles. The molecule has 1 fully saturated rings. The number of carbonyl (C=O) groups excluding carboxylic acids is 1. The summed E-state index contributed by atoms with van der Waals surface area (Å²) in [7, 11) is 0. The van der Waals surface area contributed by atoms with E-state index in [2.05, 4.69) is 0 Å². The van der Waals surface area contributed by atoms with Gasteiger partial charge in [0.1, 0.15) is 24.4 Å². The van der Waals surface area contributed by atoms with E-state index < -0.39 is 24.4 Å². The van der Waals surface area contributed by atoms with Crippen molar-refractivity contribution in [3.63, 3.8) is 0 Å². The molecule has 146 valence electrons. The molecule has 1 saturated heterocycles. The van der Waals surface area contributed by atoms with Gasteiger partial charge in [-0.15, -0.1) is 0 Å². The zero-order valence-corrected chi connectivity index (χ0v) is 15.0. The molecule has 0 aromatic heterocycles. The summed E-state index contributed by atoms with van der Waals surface area (Å²) < 4.78 is 14.9. The van der Waals surface area contributed by atoms with E-state index in [4.69, 9.17) is 29.5 Å². The summed E-state index contributed by atoms with van der Waals surface area (Å²) >= 11 is 0. The van der Waals surface area contributed by atoms with Gasteiger partial charge in [-0.25, -0.2) is 0 Å². The normalized spacial score (nSPS) is 29.1. The summed E-state index contributed by atoms with van der Waals surface area (Å²) in [5, 5.41) is 26.6. The Bertz CT molecular complexity index is 414. The van der Waals surface area contributed by atoms with E-state index in [1.54, 1.807) is 24.3 Å². The molecule has 3 heterocycles. The minimum Gasteiger partial charge on any atom is -1.00 e. The maximum atomic E-state index is 10.7. The first-order valence-electron chi connectivity index (χ1n) is 8.18. The predicted molar refractivity (Wildman–Crippen MR) is 98.6 cm³/mol. The summed E-state index contributed by atoms with van der Waals surface area (Å²) in [5.74, 6) is -0.128. The van der Waals surface area contributed by atoms with Crippen LogP contribution in [-0.4, -0.2) is 95.9 Å². The summed E-state index contributed by atoms with van der Waals surface area (Å²) in [6.07, 6.45) is 6.73. The number of hydrogen-bond donors (Lipinski definition) is 3. The molecule has 7 nitrogen and oxygen atoms in total. The average Bonchev–Trinajstić information content (AvgIpc) is 3.16. The maximum absolute atomic E-state index is 10.7. The van der Waals surface area contributed by atoms with Crippen molar-refractivity contribution in [1.29, 1.82) is 0 Å². The summed E-state index contributed by atoms with van der Waals surface area (Å²) in [4.78, 5) is 10.7. The van der Waals surface area contributed by atoms with Crippen molar-refractivity contribution in [3.05, 3.63) is 24.3 Å². The fourth-order valence-electron chi connectivity index (χ4n) is 2.18. The smallest absolute Gasteiger partial charge is 1.00 e. The van der Waals surface area contributed by atoms with Crippen LogP contribution < -0.4 is 18.9 Å². The minimum atomic E-state index is -0.758. The van der Waals surface area contributed by atoms with Crippen LogP contribution >= 0.6 is 0 Å². The third kappa shape index (κ3) is 11.7. The van der Waals surface area contributed by atoms with Crippen LogP contribution in [0.1, 0.15) is 21.2 Å². The molecule has 0 aromatic rings. The predicted octanol–water partition coefficient (Wildman–Crippen LogP) is -4.08. The van der Waals surface area contributed by atoms with Crippen LogP contribution in [0.5, 0.6) is 0 Å². The molecule has 0 bridgehead atoms. The van der Waals surface area contributed by atoms with Crippen LogP contribution in [-0.2, 0) is 19.0 Å². The van der Waals surface area contributed by atoms with Gasteiger partial charge in [0.05, 0.1) is 19.8 Å². The molecule has 9 heteroatoms. The zero-order chi connectivity index (χ0) is 17.8. The standard InChI is InChI=1S/C7H10O3.C6H10O3.C4H8O.Al.Li.4H/c1-5(8)7-6(9)3-2-4-10-7;7-4-6-5(8)2-1-3-9-6;1-2-4-5-3-1;;;;;;/h2-3,6-7,9H,4H2,1H3;1-2,5-8H,3-4H2;1-4H2;;;;;;/q;;;;+1;;;;-1/t6-,7+;5-,6+;;;;;;;/m00......./s1. The van der Waals surface area contributed by atoms with Crippen LogP contribution in [0.4, 0.5) is 0 Å². The van der Waals surface area contributed by atoms with Crippen LogP contribution in [0.15, 0.2) is 24.3 Å². The molecular weight excluding hydrogens is 350 g/mol. The quantitative estimate of drug-likeness (QED) is 0.330. The van der Waals surface area contributed by atoms with Gasteiger partial charge in [0.2, 0.25) is 0 Å². The van der Waals surface area contributed by atoms with E-state index in [-0.39, 0.29) is 50.0 Å². The Labute approximate surface area is 179 Å². The molecule has 0 spiro atoms. The molecule has 0 radical (unpaired) electrons. The van der Waals surface area contributed by atoms with E-state index in [9.17, 15) is 4.79 Å². The summed E-state index contributed by atoms with van der Waals surface area (Å²) in [6.45, 7) is 4.20. The van der Waals surface area contributed by atoms with E-state index in [1.165, 1.54) is 19.8 Å². The van der Waals surface area contributed by atoms with E-state index in [0.29, 0.717) is 13.2 Å². The molecule has 0 saturated carbocycles. The van der Waals surface area contributed by atoms with E-state index >= 15 is 0 Å². The van der Waals surface area contributed by atoms with Gasteiger partial charge >= 0.3 is 18.9 Å². The number of rotatable bonds is 2. The molecule has 3 N–H and O–H groups in total. The Morgan fingerprint density at radius 1 is 1.08 bits per heavy atom. The van der Waals surface area contributed by atoms with Crippen LogP contribution in [0, 0.1) is 0 Å². The van der Waals surface area contributed by atoms with Gasteiger partial charge in [0.25, 0.3) is 0 Å². The largest absolute Gasteiger partial charge is 1.00 e. The molecule has 0 aromatic carbocycles. The fraction of sp³-hybridized carbons (Fsp3) is 0.706. The van der Waals surface area contributed by atoms with Crippen molar-refractivity contribution in [2.45, 2.75) is 44.2 Å². The van der Waals surface area contributed by atoms with Gasteiger partial charge in [-0.1, -0.05) is 24.3 Å². The van der Waals surface area contributed by atoms with Gasteiger partial charge in [0.15, 0.2) is 23.1 Å². The monoisotopic (exact) mass is 382 g/mol. The van der Waals surface area contributed by atoms with Crippen molar-refractivity contribution >= 4 is 23.1 Å². The van der Waals surface area contributed by atoms with Gasteiger partial charge in [-0.2, -0.15) is 0 Å². The van der Waals surface area contributed by atoms with Crippen LogP contribution in [0.2, 0.25) is 0 Å². The Kier molecular flexibility index (Phi) is 18.6. The molecule has 4 atom stereocenters. The van der Waals surface area contributed by atoms with Crippen molar-refractivity contribution in [2.24, 2.45) is 0 Å². The molecule has 26 heavy (non-hydrogen) atoms. The summed E-state index contributed by atoms with van der Waals surface area (Å²) in [6, 6.07) is 0. The number of Topliss-reactive ketones (excluding diaryl/α,β-unsaturated/α-hetero) is 1. The number of aliphatic hydroxyl groups excluding tert-OH is 3. The number of ketones is 1. The third-order valence-electron chi connectivity index (χ3n) is 3.54. The van der Waals surface area contributed by atoms with Crippen molar-refractivity contribution < 1.29 is 54.6 Å². The SMILES string of the molecule is C1CCOC1.CC(=O)[C@H]1OCC=C[C@@H]1O.OC[C@H]1OCC=C[C@@H]1O.[AlH3].[H-].[Li+]. The molecule has 0 aliphatic carbocycles. The second-order valence-electron chi connectivity index (χ2n) is 5.58. The van der Waals surface area contributed by atoms with Gasteiger partial charge in [-0.3, -0.25) is 4.79 Å². The Morgan fingerprint density at radius 2 is 1.62 bits per heavy atom. The zero-order valence-electron chi connectivity index (χ0n) is 16.0. The van der Waals surface area contributed by atoms with Gasteiger partial charge < -0.3 is 31.0 Å². The van der Waals surface area contributed by atoms with E-state index in [0.717, 1.165) is 13.2 Å². The van der Waals surface area contributed by atoms with Crippen molar-refractivity contribution in [3.8, 4) is 0 Å². The number of ether oxygens (including phenoxy) is 3. The molecule has 3 rings (SSSR count). The Hall–Kier alpha value is 0.0399. The molecule has 0 unspecified atom stereocenters. The van der Waals surface area contributed by atoms with Crippen LogP contribution in [0.3, 0.4) is 0 Å². The molecule has 3 aliphatic rings. The number of aliphatic hydroxyl groups is 3. The molecular formula is C17H32AlLiO7. The fourth-order valence-corrected chi connectivity index (χ4v) is 2.18. The van der Waals surface area contributed by atoms with Gasteiger partial charge in [-0.05, 0) is 19.8 Å². The number of hydrogen-bond acceptors (Lipinski definition) is 7. The first-order chi connectivity index (χ1) is 11.6. The molecule has 0 amide bonds. The second kappa shape index (κ2) is 17.2. The topological polar surface area (TPSA) is 105 Å². The minimum absolute atomic E-state index is 0. The Balaban J connectivity index is -0.000000316. The van der Waals surface area contributed by atoms with Crippen LogP contribution in [0.25, 0.3) is 0 Å². The van der Waals surface area contributed by atoms with Crippen molar-refractivity contribution in [2.75, 3.05) is 33.0 Å². The first-order valence-corrected chi connectivity index (χ1v) is 8.18.